The molecule has 1 heterocycles. The third-order valence-electron chi connectivity index (χ3n) is 3.67. The number of fused-ring (bicyclic) bond motifs is 1. The lowest BCUT2D eigenvalue weighted by Crippen LogP contribution is -2.45. The minimum absolute atomic E-state index is 0.221. The second-order valence-electron chi connectivity index (χ2n) is 4.98. The van der Waals surface area contributed by atoms with Crippen molar-refractivity contribution < 1.29 is 4.79 Å². The molecule has 19 heavy (non-hydrogen) atoms. The lowest BCUT2D eigenvalue weighted by Gasteiger charge is -2.26. The zero-order valence-corrected chi connectivity index (χ0v) is 10.9. The lowest BCUT2D eigenvalue weighted by atomic mass is 10.0. The number of carbonyl (C=O) groups excluding carboxylic acids is 1. The van der Waals surface area contributed by atoms with Crippen molar-refractivity contribution in [2.45, 2.75) is 0 Å². The van der Waals surface area contributed by atoms with E-state index in [9.17, 15) is 4.79 Å². The van der Waals surface area contributed by atoms with Crippen LogP contribution in [0.25, 0.3) is 10.8 Å². The number of hydrogen-bond acceptors (Lipinski definition) is 3. The third kappa shape index (κ3) is 2.67. The normalized spacial score (nSPS) is 16.6. The Kier molecular flexibility index (Phi) is 3.58. The Morgan fingerprint density at radius 2 is 1.79 bits per heavy atom. The van der Waals surface area contributed by atoms with Crippen LogP contribution in [0.3, 0.4) is 0 Å². The molecule has 1 saturated heterocycles. The lowest BCUT2D eigenvalue weighted by molar-refractivity contribution is 0.0923. The molecule has 3 nitrogen and oxygen atoms in total. The number of piperazine rings is 1. The summed E-state index contributed by atoms with van der Waals surface area (Å²) in [5.74, 6) is 0.221. The molecule has 1 aliphatic rings. The van der Waals surface area contributed by atoms with Gasteiger partial charge in [-0.3, -0.25) is 9.69 Å². The molecule has 3 heteroatoms. The number of rotatable bonds is 3. The van der Waals surface area contributed by atoms with Gasteiger partial charge in [0.2, 0.25) is 0 Å². The molecule has 0 spiro atoms. The highest BCUT2D eigenvalue weighted by Gasteiger charge is 2.16. The van der Waals surface area contributed by atoms with Crippen LogP contribution in [-0.2, 0) is 0 Å². The van der Waals surface area contributed by atoms with Gasteiger partial charge < -0.3 is 5.32 Å². The van der Waals surface area contributed by atoms with Crippen LogP contribution in [-0.4, -0.2) is 43.4 Å². The van der Waals surface area contributed by atoms with Crippen LogP contribution < -0.4 is 5.32 Å². The Hall–Kier alpha value is -1.71. The topological polar surface area (TPSA) is 32.3 Å². The van der Waals surface area contributed by atoms with Crippen molar-refractivity contribution in [3.8, 4) is 0 Å². The molecule has 0 atom stereocenters. The second-order valence-corrected chi connectivity index (χ2v) is 4.98. The van der Waals surface area contributed by atoms with E-state index in [1.54, 1.807) is 0 Å². The van der Waals surface area contributed by atoms with Gasteiger partial charge in [-0.05, 0) is 10.8 Å². The van der Waals surface area contributed by atoms with Crippen LogP contribution in [0.5, 0.6) is 0 Å². The van der Waals surface area contributed by atoms with Crippen LogP contribution in [0, 0.1) is 0 Å². The van der Waals surface area contributed by atoms with Crippen molar-refractivity contribution in [3.05, 3.63) is 48.0 Å². The fourth-order valence-electron chi connectivity index (χ4n) is 2.63. The molecular formula is C16H18N2O. The van der Waals surface area contributed by atoms with E-state index in [0.29, 0.717) is 6.54 Å². The standard InChI is InChI=1S/C16H18N2O/c19-16(12-18-10-8-17-9-11-18)15-7-3-5-13-4-1-2-6-14(13)15/h1-7,17H,8-12H2. The summed E-state index contributed by atoms with van der Waals surface area (Å²) < 4.78 is 0. The number of benzene rings is 2. The van der Waals surface area contributed by atoms with Gasteiger partial charge in [0.15, 0.2) is 5.78 Å². The predicted molar refractivity (Wildman–Crippen MR) is 77.6 cm³/mol. The Morgan fingerprint density at radius 1 is 1.05 bits per heavy atom. The van der Waals surface area contributed by atoms with E-state index in [2.05, 4.69) is 22.3 Å². The monoisotopic (exact) mass is 254 g/mol. The van der Waals surface area contributed by atoms with Crippen molar-refractivity contribution in [2.24, 2.45) is 0 Å². The maximum atomic E-state index is 12.5. The molecule has 0 saturated carbocycles. The minimum atomic E-state index is 0.221. The van der Waals surface area contributed by atoms with E-state index in [0.717, 1.165) is 42.5 Å². The summed E-state index contributed by atoms with van der Waals surface area (Å²) in [6.45, 7) is 4.38. The maximum absolute atomic E-state index is 12.5. The molecule has 1 fully saturated rings. The largest absolute Gasteiger partial charge is 0.314 e. The van der Waals surface area contributed by atoms with Crippen LogP contribution >= 0.6 is 0 Å². The summed E-state index contributed by atoms with van der Waals surface area (Å²) in [7, 11) is 0. The predicted octanol–water partition coefficient (Wildman–Crippen LogP) is 1.93. The number of Topliss-reactive ketones (excluding diaryl/α,β-unsaturated/α-hetero) is 1. The molecule has 0 bridgehead atoms. The van der Waals surface area contributed by atoms with Crippen molar-refractivity contribution in [3.63, 3.8) is 0 Å². The highest BCUT2D eigenvalue weighted by molar-refractivity contribution is 6.09. The van der Waals surface area contributed by atoms with Gasteiger partial charge in [0.1, 0.15) is 0 Å². The summed E-state index contributed by atoms with van der Waals surface area (Å²) in [4.78, 5) is 14.7. The van der Waals surface area contributed by atoms with Gasteiger partial charge in [-0.15, -0.1) is 0 Å². The number of carbonyl (C=O) groups is 1. The van der Waals surface area contributed by atoms with Gasteiger partial charge in [0, 0.05) is 31.7 Å². The molecule has 3 rings (SSSR count). The summed E-state index contributed by atoms with van der Waals surface area (Å²) in [5, 5.41) is 5.50. The number of nitrogens with one attached hydrogen (secondary N) is 1. The van der Waals surface area contributed by atoms with E-state index in [1.165, 1.54) is 0 Å². The Morgan fingerprint density at radius 3 is 2.63 bits per heavy atom. The van der Waals surface area contributed by atoms with E-state index in [1.807, 2.05) is 30.3 Å². The Bertz CT molecular complexity index is 583. The first-order valence-corrected chi connectivity index (χ1v) is 6.78. The molecule has 2 aromatic carbocycles. The van der Waals surface area contributed by atoms with E-state index in [-0.39, 0.29) is 5.78 Å². The summed E-state index contributed by atoms with van der Waals surface area (Å²) >= 11 is 0. The molecule has 0 aliphatic carbocycles. The van der Waals surface area contributed by atoms with Gasteiger partial charge in [-0.25, -0.2) is 0 Å². The van der Waals surface area contributed by atoms with E-state index in [4.69, 9.17) is 0 Å². The van der Waals surface area contributed by atoms with E-state index < -0.39 is 0 Å². The zero-order valence-electron chi connectivity index (χ0n) is 10.9. The fraction of sp³-hybridized carbons (Fsp3) is 0.312. The third-order valence-corrected chi connectivity index (χ3v) is 3.67. The molecule has 0 unspecified atom stereocenters. The average Bonchev–Trinajstić information content (AvgIpc) is 2.47. The van der Waals surface area contributed by atoms with Crippen molar-refractivity contribution >= 4 is 16.6 Å². The van der Waals surface area contributed by atoms with Crippen LogP contribution in [0.1, 0.15) is 10.4 Å². The quantitative estimate of drug-likeness (QED) is 0.849. The number of ketones is 1. The minimum Gasteiger partial charge on any atom is -0.314 e. The first-order chi connectivity index (χ1) is 9.34. The van der Waals surface area contributed by atoms with Gasteiger partial charge in [-0.2, -0.15) is 0 Å². The van der Waals surface area contributed by atoms with Gasteiger partial charge in [0.05, 0.1) is 6.54 Å². The van der Waals surface area contributed by atoms with Crippen molar-refractivity contribution in [2.75, 3.05) is 32.7 Å². The smallest absolute Gasteiger partial charge is 0.177 e. The maximum Gasteiger partial charge on any atom is 0.177 e. The molecule has 0 amide bonds. The Balaban J connectivity index is 1.85. The van der Waals surface area contributed by atoms with Gasteiger partial charge in [-0.1, -0.05) is 42.5 Å². The molecule has 1 aliphatic heterocycles. The molecule has 1 N–H and O–H groups in total. The van der Waals surface area contributed by atoms with Crippen LogP contribution in [0.4, 0.5) is 0 Å². The van der Waals surface area contributed by atoms with Crippen LogP contribution in [0.2, 0.25) is 0 Å². The SMILES string of the molecule is O=C(CN1CCNCC1)c1cccc2ccccc12. The summed E-state index contributed by atoms with van der Waals surface area (Å²) in [6.07, 6.45) is 0. The van der Waals surface area contributed by atoms with Gasteiger partial charge >= 0.3 is 0 Å². The average molecular weight is 254 g/mol. The highest BCUT2D eigenvalue weighted by atomic mass is 16.1. The van der Waals surface area contributed by atoms with E-state index >= 15 is 0 Å². The molecule has 2 aromatic rings. The fourth-order valence-corrected chi connectivity index (χ4v) is 2.63. The number of hydrogen-bond donors (Lipinski definition) is 1. The summed E-state index contributed by atoms with van der Waals surface area (Å²) in [5.41, 5.74) is 0.844. The molecule has 0 aromatic heterocycles. The Labute approximate surface area is 113 Å². The molecular weight excluding hydrogens is 236 g/mol. The van der Waals surface area contributed by atoms with Crippen molar-refractivity contribution in [1.82, 2.24) is 10.2 Å². The van der Waals surface area contributed by atoms with Gasteiger partial charge in [0.25, 0.3) is 0 Å². The second kappa shape index (κ2) is 5.51. The first-order valence-electron chi connectivity index (χ1n) is 6.78. The molecule has 98 valence electrons. The number of nitrogens with zero attached hydrogens (tertiary/aromatic N) is 1. The summed E-state index contributed by atoms with van der Waals surface area (Å²) in [6, 6.07) is 14.0. The zero-order chi connectivity index (χ0) is 13.1. The van der Waals surface area contributed by atoms with Crippen LogP contribution in [0.15, 0.2) is 42.5 Å². The molecule has 0 radical (unpaired) electrons. The van der Waals surface area contributed by atoms with Crippen molar-refractivity contribution in [1.29, 1.82) is 0 Å². The highest BCUT2D eigenvalue weighted by Crippen LogP contribution is 2.19. The first kappa shape index (κ1) is 12.3.